The van der Waals surface area contributed by atoms with Crippen molar-refractivity contribution in [1.29, 1.82) is 0 Å². The molecule has 0 fully saturated rings. The Morgan fingerprint density at radius 1 is 1.29 bits per heavy atom. The third-order valence-corrected chi connectivity index (χ3v) is 4.46. The van der Waals surface area contributed by atoms with Crippen LogP contribution in [0.5, 0.6) is 0 Å². The van der Waals surface area contributed by atoms with Crippen LogP contribution < -0.4 is 10.0 Å². The molecule has 0 spiro atoms. The van der Waals surface area contributed by atoms with Crippen LogP contribution in [0.4, 0.5) is 0 Å². The van der Waals surface area contributed by atoms with E-state index in [9.17, 15) is 8.42 Å². The zero-order valence-corrected chi connectivity index (χ0v) is 11.5. The highest BCUT2D eigenvalue weighted by atomic mass is 35.5. The average molecular weight is 277 g/mol. The molecule has 0 atom stereocenters. The number of halogens is 1. The summed E-state index contributed by atoms with van der Waals surface area (Å²) in [4.78, 5) is 0.142. The number of rotatable bonds is 6. The quantitative estimate of drug-likeness (QED) is 0.775. The molecule has 4 nitrogen and oxygen atoms in total. The second kappa shape index (κ2) is 6.35. The molecule has 2 N–H and O–H groups in total. The first-order chi connectivity index (χ1) is 7.99. The van der Waals surface area contributed by atoms with E-state index in [1.807, 2.05) is 7.05 Å². The van der Waals surface area contributed by atoms with Crippen molar-refractivity contribution in [3.63, 3.8) is 0 Å². The van der Waals surface area contributed by atoms with Gasteiger partial charge in [0, 0.05) is 6.54 Å². The minimum Gasteiger partial charge on any atom is -0.320 e. The lowest BCUT2D eigenvalue weighted by molar-refractivity contribution is 0.577. The van der Waals surface area contributed by atoms with E-state index in [2.05, 4.69) is 10.0 Å². The van der Waals surface area contributed by atoms with E-state index in [0.29, 0.717) is 6.54 Å². The van der Waals surface area contributed by atoms with E-state index in [1.54, 1.807) is 19.1 Å². The van der Waals surface area contributed by atoms with Crippen LogP contribution in [0.3, 0.4) is 0 Å². The average Bonchev–Trinajstić information content (AvgIpc) is 2.28. The molecule has 0 aliphatic carbocycles. The molecular weight excluding hydrogens is 260 g/mol. The summed E-state index contributed by atoms with van der Waals surface area (Å²) in [6.45, 7) is 2.94. The lowest BCUT2D eigenvalue weighted by Gasteiger charge is -2.09. The maximum absolute atomic E-state index is 12.0. The predicted octanol–water partition coefficient (Wildman–Crippen LogP) is 1.54. The molecule has 0 unspecified atom stereocenters. The van der Waals surface area contributed by atoms with Gasteiger partial charge in [-0.25, -0.2) is 13.1 Å². The minimum atomic E-state index is -3.50. The van der Waals surface area contributed by atoms with Crippen molar-refractivity contribution >= 4 is 21.6 Å². The summed E-state index contributed by atoms with van der Waals surface area (Å²) in [7, 11) is -1.68. The number of hydrogen-bond donors (Lipinski definition) is 2. The topological polar surface area (TPSA) is 58.2 Å². The van der Waals surface area contributed by atoms with Gasteiger partial charge in [0.25, 0.3) is 0 Å². The minimum absolute atomic E-state index is 0.142. The first-order valence-corrected chi connectivity index (χ1v) is 7.24. The Labute approximate surface area is 107 Å². The highest BCUT2D eigenvalue weighted by molar-refractivity contribution is 7.89. The molecule has 1 rings (SSSR count). The van der Waals surface area contributed by atoms with Crippen LogP contribution in [0, 0.1) is 6.92 Å². The van der Waals surface area contributed by atoms with Crippen molar-refractivity contribution in [1.82, 2.24) is 10.0 Å². The molecule has 0 radical (unpaired) electrons. The number of benzene rings is 1. The van der Waals surface area contributed by atoms with Crippen molar-refractivity contribution in [3.8, 4) is 0 Å². The molecule has 0 bridgehead atoms. The van der Waals surface area contributed by atoms with E-state index in [-0.39, 0.29) is 9.92 Å². The molecule has 0 aliphatic rings. The van der Waals surface area contributed by atoms with Crippen molar-refractivity contribution < 1.29 is 8.42 Å². The molecule has 0 aliphatic heterocycles. The zero-order valence-electron chi connectivity index (χ0n) is 9.96. The van der Waals surface area contributed by atoms with E-state index in [1.165, 1.54) is 6.07 Å². The van der Waals surface area contributed by atoms with Gasteiger partial charge in [-0.2, -0.15) is 0 Å². The van der Waals surface area contributed by atoms with Gasteiger partial charge in [-0.3, -0.25) is 0 Å². The molecule has 1 aromatic carbocycles. The van der Waals surface area contributed by atoms with Crippen molar-refractivity contribution in [3.05, 3.63) is 28.8 Å². The van der Waals surface area contributed by atoms with Gasteiger partial charge in [0.2, 0.25) is 10.0 Å². The van der Waals surface area contributed by atoms with Crippen LogP contribution in [0.25, 0.3) is 0 Å². The Hall–Kier alpha value is -0.620. The SMILES string of the molecule is CNCCCNS(=O)(=O)c1cccc(C)c1Cl. The van der Waals surface area contributed by atoms with Crippen LogP contribution in [0.15, 0.2) is 23.1 Å². The number of nitrogens with one attached hydrogen (secondary N) is 2. The van der Waals surface area contributed by atoms with Crippen molar-refractivity contribution in [2.75, 3.05) is 20.1 Å². The van der Waals surface area contributed by atoms with Gasteiger partial charge in [0.1, 0.15) is 4.90 Å². The molecular formula is C11H17ClN2O2S. The Morgan fingerprint density at radius 2 is 2.00 bits per heavy atom. The Bertz CT molecular complexity index is 474. The summed E-state index contributed by atoms with van der Waals surface area (Å²) < 4.78 is 26.4. The van der Waals surface area contributed by atoms with E-state index in [0.717, 1.165) is 18.5 Å². The third-order valence-electron chi connectivity index (χ3n) is 2.34. The predicted molar refractivity (Wildman–Crippen MR) is 69.9 cm³/mol. The van der Waals surface area contributed by atoms with Gasteiger partial charge in [0.05, 0.1) is 5.02 Å². The molecule has 6 heteroatoms. The fourth-order valence-electron chi connectivity index (χ4n) is 1.38. The summed E-state index contributed by atoms with van der Waals surface area (Å²) in [5, 5.41) is 3.24. The molecule has 96 valence electrons. The Morgan fingerprint density at radius 3 is 2.65 bits per heavy atom. The summed E-state index contributed by atoms with van der Waals surface area (Å²) in [6.07, 6.45) is 0.735. The molecule has 17 heavy (non-hydrogen) atoms. The first-order valence-electron chi connectivity index (χ1n) is 5.38. The standard InChI is InChI=1S/C11H17ClN2O2S/c1-9-5-3-6-10(11(9)12)17(15,16)14-8-4-7-13-2/h3,5-6,13-14H,4,7-8H2,1-2H3. The van der Waals surface area contributed by atoms with E-state index >= 15 is 0 Å². The van der Waals surface area contributed by atoms with Gasteiger partial charge in [-0.15, -0.1) is 0 Å². The largest absolute Gasteiger partial charge is 0.320 e. The fraction of sp³-hybridized carbons (Fsp3) is 0.455. The maximum Gasteiger partial charge on any atom is 0.242 e. The molecule has 0 saturated heterocycles. The number of hydrogen-bond acceptors (Lipinski definition) is 3. The van der Waals surface area contributed by atoms with E-state index < -0.39 is 10.0 Å². The summed E-state index contributed by atoms with van der Waals surface area (Å²) in [6, 6.07) is 4.97. The number of sulfonamides is 1. The lowest BCUT2D eigenvalue weighted by atomic mass is 10.2. The zero-order chi connectivity index (χ0) is 12.9. The van der Waals surface area contributed by atoms with Gasteiger partial charge in [0.15, 0.2) is 0 Å². The van der Waals surface area contributed by atoms with Crippen LogP contribution >= 0.6 is 11.6 Å². The van der Waals surface area contributed by atoms with Crippen LogP contribution in [-0.2, 0) is 10.0 Å². The van der Waals surface area contributed by atoms with Crippen LogP contribution in [0.1, 0.15) is 12.0 Å². The van der Waals surface area contributed by atoms with E-state index in [4.69, 9.17) is 11.6 Å². The smallest absolute Gasteiger partial charge is 0.242 e. The molecule has 0 amide bonds. The molecule has 0 aromatic heterocycles. The van der Waals surface area contributed by atoms with Gasteiger partial charge < -0.3 is 5.32 Å². The highest BCUT2D eigenvalue weighted by Crippen LogP contribution is 2.24. The monoisotopic (exact) mass is 276 g/mol. The molecule has 0 saturated carbocycles. The summed E-state index contributed by atoms with van der Waals surface area (Å²) in [5.74, 6) is 0. The number of aryl methyl sites for hydroxylation is 1. The van der Waals surface area contributed by atoms with Gasteiger partial charge in [-0.05, 0) is 38.6 Å². The fourth-order valence-corrected chi connectivity index (χ4v) is 3.03. The third kappa shape index (κ3) is 3.96. The van der Waals surface area contributed by atoms with Gasteiger partial charge >= 0.3 is 0 Å². The highest BCUT2D eigenvalue weighted by Gasteiger charge is 2.17. The lowest BCUT2D eigenvalue weighted by Crippen LogP contribution is -2.27. The Balaban J connectivity index is 2.79. The van der Waals surface area contributed by atoms with Crippen LogP contribution in [-0.4, -0.2) is 28.6 Å². The first kappa shape index (κ1) is 14.4. The van der Waals surface area contributed by atoms with Crippen molar-refractivity contribution in [2.45, 2.75) is 18.2 Å². The second-order valence-corrected chi connectivity index (χ2v) is 5.86. The summed E-state index contributed by atoms with van der Waals surface area (Å²) in [5.41, 5.74) is 0.754. The molecule has 0 heterocycles. The Kier molecular flexibility index (Phi) is 5.39. The second-order valence-electron chi connectivity index (χ2n) is 3.74. The molecule has 1 aromatic rings. The van der Waals surface area contributed by atoms with Gasteiger partial charge in [-0.1, -0.05) is 23.7 Å². The van der Waals surface area contributed by atoms with Crippen LogP contribution in [0.2, 0.25) is 5.02 Å². The summed E-state index contributed by atoms with van der Waals surface area (Å²) >= 11 is 5.99. The maximum atomic E-state index is 12.0. The van der Waals surface area contributed by atoms with Crippen molar-refractivity contribution in [2.24, 2.45) is 0 Å². The normalized spacial score (nSPS) is 11.7.